The molecular formula is C78H82N12O19. The van der Waals surface area contributed by atoms with Gasteiger partial charge in [-0.25, -0.2) is 4.79 Å². The number of hydrogen-bond acceptors (Lipinski definition) is 23. The normalized spacial score (nSPS) is 15.0. The first-order chi connectivity index (χ1) is 52.9. The van der Waals surface area contributed by atoms with Gasteiger partial charge in [-0.15, -0.1) is 0 Å². The zero-order valence-electron chi connectivity index (χ0n) is 59.8. The molecule has 2 saturated heterocycles. The third-order valence-electron chi connectivity index (χ3n) is 17.5. The number of piperidine rings is 2. The number of carbonyl (C=O) groups is 12. The molecule has 0 radical (unpaired) electrons. The Morgan fingerprint density at radius 1 is 0.514 bits per heavy atom. The van der Waals surface area contributed by atoms with E-state index in [1.54, 1.807) is 26.5 Å². The molecular weight excluding hydrogens is 1410 g/mol. The predicted molar refractivity (Wildman–Crippen MR) is 397 cm³/mol. The number of carbonyl (C=O) groups excluding carboxylic acids is 11. The van der Waals surface area contributed by atoms with E-state index in [9.17, 15) is 57.5 Å². The lowest BCUT2D eigenvalue weighted by Gasteiger charge is -2.27. The van der Waals surface area contributed by atoms with Gasteiger partial charge in [0.2, 0.25) is 23.6 Å². The smallest absolute Gasteiger partial charge is 0.341 e. The standard InChI is InChI=1S/C39H40N6O9.C24H30N4O3.C15H12N2O7/c1-40-36(48)28-22-42-29-13-12-24(21-27(29)35(28)43-25-8-3-2-4-9-25)7-6-17-52-19-20-53-18-16-41-33(47)23-54-31-11-5-10-26-34(31)39(51)45(38(26)50)30-14-15-32(46)44-37(30)49;1-26-24(29)21-17-27-22-10-9-18(6-5-12-30-14-15-31-13-11-25)16-20(22)23(21)28-19-7-3-2-4-8-19;18-10-5-4-8(13(21)16-10)17-14(22)7-2-1-3-9(12(7)15(17)23)24-6-11(19)20/h2-5,8-13,21-22,30H,6-7,14-20,23H2,1H3,(H,40,48)(H,41,47)(H,42,43)(H,44,46,49);2-4,7-10,16-17H,5-6,11-15,25H2,1H3,(H,26,29)(H,27,28);1-3,8H,4-6H2,(H,19,20)(H,16,18,21). The number of aryl methyl sites for hydroxylation is 2. The van der Waals surface area contributed by atoms with E-state index in [4.69, 9.17) is 39.3 Å². The molecule has 31 nitrogen and oxygen atoms in total. The minimum absolute atomic E-state index is 0.00925. The largest absolute Gasteiger partial charge is 0.483 e. The number of aromatic nitrogens is 2. The quantitative estimate of drug-likeness (QED) is 0.0175. The first-order valence-corrected chi connectivity index (χ1v) is 35.2. The number of fused-ring (bicyclic) bond motifs is 4. The van der Waals surface area contributed by atoms with Gasteiger partial charge in [-0.1, -0.05) is 60.7 Å². The number of hydrogen-bond donors (Lipinski definition) is 9. The van der Waals surface area contributed by atoms with Gasteiger partial charge in [0, 0.05) is 87.8 Å². The molecule has 8 aromatic rings. The van der Waals surface area contributed by atoms with Crippen LogP contribution < -0.4 is 52.4 Å². The summed E-state index contributed by atoms with van der Waals surface area (Å²) in [6.07, 6.45) is 6.60. The molecule has 0 saturated carbocycles. The molecule has 6 aromatic carbocycles. The number of nitrogens with zero attached hydrogens (tertiary/aromatic N) is 4. The Kier molecular flexibility index (Phi) is 28.1. The first kappa shape index (κ1) is 79.2. The molecule has 0 spiro atoms. The molecule has 2 unspecified atom stereocenters. The highest BCUT2D eigenvalue weighted by Gasteiger charge is 2.48. The molecule has 11 amide bonds. The van der Waals surface area contributed by atoms with Crippen LogP contribution in [0.5, 0.6) is 11.5 Å². The van der Waals surface area contributed by atoms with E-state index >= 15 is 0 Å². The number of ether oxygens (including phenoxy) is 6. The Labute approximate surface area is 625 Å². The fraction of sp³-hybridized carbons (Fsp3) is 0.308. The third kappa shape index (κ3) is 20.4. The van der Waals surface area contributed by atoms with Gasteiger partial charge in [0.1, 0.15) is 23.6 Å². The molecule has 109 heavy (non-hydrogen) atoms. The lowest BCUT2D eigenvalue weighted by molar-refractivity contribution is -0.139. The minimum Gasteiger partial charge on any atom is -0.483 e. The second-order valence-corrected chi connectivity index (χ2v) is 25.0. The Morgan fingerprint density at radius 2 is 0.945 bits per heavy atom. The van der Waals surface area contributed by atoms with Crippen LogP contribution in [-0.4, -0.2) is 201 Å². The van der Waals surface area contributed by atoms with Gasteiger partial charge in [0.25, 0.3) is 41.4 Å². The predicted octanol–water partition coefficient (Wildman–Crippen LogP) is 5.71. The monoisotopic (exact) mass is 1490 g/mol. The first-order valence-electron chi connectivity index (χ1n) is 35.2. The third-order valence-corrected chi connectivity index (χ3v) is 17.5. The number of anilines is 4. The van der Waals surface area contributed by atoms with Crippen molar-refractivity contribution in [2.24, 2.45) is 5.73 Å². The van der Waals surface area contributed by atoms with Crippen molar-refractivity contribution < 1.29 is 91.1 Å². The Hall–Kier alpha value is -12.4. The number of amides is 11. The highest BCUT2D eigenvalue weighted by molar-refractivity contribution is 6.26. The molecule has 31 heteroatoms. The van der Waals surface area contributed by atoms with Crippen molar-refractivity contribution in [3.63, 3.8) is 0 Å². The van der Waals surface area contributed by atoms with Crippen molar-refractivity contribution in [2.75, 3.05) is 104 Å². The number of nitrogens with two attached hydrogens (primary N) is 1. The van der Waals surface area contributed by atoms with Gasteiger partial charge < -0.3 is 65.8 Å². The summed E-state index contributed by atoms with van der Waals surface area (Å²) in [5, 5.41) is 29.6. The highest BCUT2D eigenvalue weighted by Crippen LogP contribution is 2.37. The van der Waals surface area contributed by atoms with Crippen molar-refractivity contribution >= 4 is 116 Å². The van der Waals surface area contributed by atoms with Crippen LogP contribution in [0, 0.1) is 0 Å². The van der Waals surface area contributed by atoms with Crippen LogP contribution in [0.1, 0.15) is 112 Å². The van der Waals surface area contributed by atoms with Crippen LogP contribution in [0.2, 0.25) is 0 Å². The maximum atomic E-state index is 13.2. The summed E-state index contributed by atoms with van der Waals surface area (Å²) >= 11 is 0. The number of pyridine rings is 2. The van der Waals surface area contributed by atoms with Gasteiger partial charge in [-0.05, 0) is 122 Å². The number of rotatable bonds is 33. The molecule has 12 rings (SSSR count). The van der Waals surface area contributed by atoms with E-state index in [1.807, 2.05) is 84.9 Å². The summed E-state index contributed by atoms with van der Waals surface area (Å²) in [5.74, 6) is -7.23. The van der Waals surface area contributed by atoms with Crippen molar-refractivity contribution in [3.05, 3.63) is 190 Å². The second kappa shape index (κ2) is 38.7. The number of para-hydroxylation sites is 2. The maximum Gasteiger partial charge on any atom is 0.341 e. The molecule has 4 aliphatic heterocycles. The van der Waals surface area contributed by atoms with Crippen molar-refractivity contribution in [1.29, 1.82) is 0 Å². The topological polar surface area (TPSA) is 423 Å². The van der Waals surface area contributed by atoms with Gasteiger partial charge in [-0.2, -0.15) is 0 Å². The molecule has 0 bridgehead atoms. The van der Waals surface area contributed by atoms with Crippen molar-refractivity contribution in [2.45, 2.75) is 63.5 Å². The van der Waals surface area contributed by atoms with Crippen LogP contribution >= 0.6 is 0 Å². The summed E-state index contributed by atoms with van der Waals surface area (Å²) in [7, 11) is 3.21. The summed E-state index contributed by atoms with van der Waals surface area (Å²) in [4.78, 5) is 157. The Bertz CT molecular complexity index is 4720. The summed E-state index contributed by atoms with van der Waals surface area (Å²) in [6.45, 7) is 3.50. The zero-order valence-corrected chi connectivity index (χ0v) is 59.8. The average molecular weight is 1490 g/mol. The SMILES string of the molecule is CNC(=O)c1cnc2ccc(CCCOCCOCCN)cc2c1Nc1ccccc1.CNC(=O)c1cnc2ccc(CCCOCCOCCNC(=O)COc3cccc4c3C(=O)N(C3CCC(=O)NC3=O)C4=O)cc2c1Nc1ccccc1.O=C(O)COc1cccc2c1C(=O)N(C1CCC(=O)NC1=O)C2=O. The number of aliphatic carboxylic acids is 1. The fourth-order valence-corrected chi connectivity index (χ4v) is 12.3. The molecule has 568 valence electrons. The Morgan fingerprint density at radius 3 is 1.37 bits per heavy atom. The number of benzene rings is 6. The number of imide groups is 4. The molecule has 2 atom stereocenters. The van der Waals surface area contributed by atoms with Crippen LogP contribution in [0.15, 0.2) is 146 Å². The van der Waals surface area contributed by atoms with E-state index in [0.717, 1.165) is 79.9 Å². The summed E-state index contributed by atoms with van der Waals surface area (Å²) < 4.78 is 32.9. The van der Waals surface area contributed by atoms with Crippen LogP contribution in [0.3, 0.4) is 0 Å². The molecule has 4 aliphatic rings. The highest BCUT2D eigenvalue weighted by atomic mass is 16.5. The van der Waals surface area contributed by atoms with Crippen LogP contribution in [0.25, 0.3) is 21.8 Å². The molecule has 0 aliphatic carbocycles. The lowest BCUT2D eigenvalue weighted by atomic mass is 10.0. The van der Waals surface area contributed by atoms with Crippen LogP contribution in [0.4, 0.5) is 22.7 Å². The lowest BCUT2D eigenvalue weighted by Crippen LogP contribution is -2.54. The number of nitrogens with one attached hydrogen (secondary N) is 7. The van der Waals surface area contributed by atoms with Gasteiger partial charge in [0.05, 0.1) is 95.4 Å². The van der Waals surface area contributed by atoms with Gasteiger partial charge in [-0.3, -0.25) is 83.1 Å². The molecule has 2 fully saturated rings. The molecule has 6 heterocycles. The number of carboxylic acids is 1. The average Bonchev–Trinajstić information content (AvgIpc) is 1.61. The fourth-order valence-electron chi connectivity index (χ4n) is 12.3. The summed E-state index contributed by atoms with van der Waals surface area (Å²) in [6, 6.07) is 38.1. The Balaban J connectivity index is 0.000000193. The van der Waals surface area contributed by atoms with E-state index in [0.29, 0.717) is 69.6 Å². The van der Waals surface area contributed by atoms with E-state index in [-0.39, 0.29) is 84.4 Å². The maximum absolute atomic E-state index is 13.2. The van der Waals surface area contributed by atoms with Crippen molar-refractivity contribution in [1.82, 2.24) is 46.4 Å². The van der Waals surface area contributed by atoms with Crippen molar-refractivity contribution in [3.8, 4) is 11.5 Å². The molecule has 10 N–H and O–H groups in total. The second-order valence-electron chi connectivity index (χ2n) is 25.0. The van der Waals surface area contributed by atoms with Gasteiger partial charge >= 0.3 is 5.97 Å². The zero-order chi connectivity index (χ0) is 77.3. The van der Waals surface area contributed by atoms with Gasteiger partial charge in [0.15, 0.2) is 13.2 Å². The van der Waals surface area contributed by atoms with Crippen LogP contribution in [-0.2, 0) is 60.6 Å². The summed E-state index contributed by atoms with van der Waals surface area (Å²) in [5.41, 5.74) is 13.4. The molecule has 2 aromatic heterocycles. The van der Waals surface area contributed by atoms with E-state index < -0.39 is 84.4 Å². The van der Waals surface area contributed by atoms with E-state index in [1.165, 1.54) is 42.0 Å². The minimum atomic E-state index is -1.23. The van der Waals surface area contributed by atoms with E-state index in [2.05, 4.69) is 59.3 Å². The number of carboxylic acid groups (broad SMARTS) is 1.